The summed E-state index contributed by atoms with van der Waals surface area (Å²) in [5, 5.41) is 8.68. The number of rotatable bonds is 4. The molecule has 0 saturated carbocycles. The van der Waals surface area contributed by atoms with Crippen LogP contribution in [0.4, 0.5) is 0 Å². The number of hydrogen-bond donors (Lipinski definition) is 1. The Morgan fingerprint density at radius 3 is 2.47 bits per heavy atom. The molecule has 0 aliphatic carbocycles. The van der Waals surface area contributed by atoms with E-state index in [0.717, 1.165) is 5.56 Å². The number of carboxylic acid groups (broad SMARTS) is 1. The number of carboxylic acids is 1. The van der Waals surface area contributed by atoms with Crippen LogP contribution in [0.25, 0.3) is 0 Å². The first-order valence-electron chi connectivity index (χ1n) is 4.68. The average molecular weight is 319 g/mol. The SMILES string of the molecule is CC(c1ccc(I)cc1)N(C)CC(=O)O. The van der Waals surface area contributed by atoms with Gasteiger partial charge < -0.3 is 5.11 Å². The van der Waals surface area contributed by atoms with E-state index in [1.807, 2.05) is 43.1 Å². The number of carbonyl (C=O) groups is 1. The van der Waals surface area contributed by atoms with Gasteiger partial charge in [0, 0.05) is 9.61 Å². The van der Waals surface area contributed by atoms with Gasteiger partial charge in [0.2, 0.25) is 0 Å². The maximum Gasteiger partial charge on any atom is 0.317 e. The Hall–Kier alpha value is -0.620. The maximum absolute atomic E-state index is 10.6. The van der Waals surface area contributed by atoms with Crippen molar-refractivity contribution in [2.45, 2.75) is 13.0 Å². The molecular weight excluding hydrogens is 305 g/mol. The van der Waals surface area contributed by atoms with Gasteiger partial charge in [0.25, 0.3) is 0 Å². The lowest BCUT2D eigenvalue weighted by atomic mass is 10.1. The summed E-state index contributed by atoms with van der Waals surface area (Å²) in [5.74, 6) is -0.796. The van der Waals surface area contributed by atoms with Crippen LogP contribution in [0.2, 0.25) is 0 Å². The molecule has 1 atom stereocenters. The van der Waals surface area contributed by atoms with Crippen LogP contribution >= 0.6 is 22.6 Å². The van der Waals surface area contributed by atoms with Crippen LogP contribution in [0.3, 0.4) is 0 Å². The first kappa shape index (κ1) is 12.4. The Morgan fingerprint density at radius 2 is 2.00 bits per heavy atom. The smallest absolute Gasteiger partial charge is 0.317 e. The number of aliphatic carboxylic acids is 1. The van der Waals surface area contributed by atoms with Crippen molar-refractivity contribution < 1.29 is 9.90 Å². The third-order valence-electron chi connectivity index (χ3n) is 2.40. The minimum Gasteiger partial charge on any atom is -0.480 e. The Kier molecular flexibility index (Phi) is 4.53. The highest BCUT2D eigenvalue weighted by atomic mass is 127. The van der Waals surface area contributed by atoms with Crippen molar-refractivity contribution in [2.75, 3.05) is 13.6 Å². The Labute approximate surface area is 103 Å². The molecule has 0 saturated heterocycles. The molecule has 15 heavy (non-hydrogen) atoms. The predicted molar refractivity (Wildman–Crippen MR) is 67.8 cm³/mol. The molecule has 1 unspecified atom stereocenters. The lowest BCUT2D eigenvalue weighted by Gasteiger charge is -2.23. The summed E-state index contributed by atoms with van der Waals surface area (Å²) < 4.78 is 1.18. The maximum atomic E-state index is 10.6. The van der Waals surface area contributed by atoms with Crippen LogP contribution < -0.4 is 0 Å². The highest BCUT2D eigenvalue weighted by Crippen LogP contribution is 2.19. The van der Waals surface area contributed by atoms with Crippen molar-refractivity contribution in [1.82, 2.24) is 4.90 Å². The van der Waals surface area contributed by atoms with Crippen LogP contribution in [0.1, 0.15) is 18.5 Å². The van der Waals surface area contributed by atoms with Gasteiger partial charge in [-0.2, -0.15) is 0 Å². The summed E-state index contributed by atoms with van der Waals surface area (Å²) in [5.41, 5.74) is 1.14. The Bertz CT molecular complexity index is 337. The van der Waals surface area contributed by atoms with Crippen molar-refractivity contribution >= 4 is 28.6 Å². The van der Waals surface area contributed by atoms with Gasteiger partial charge in [-0.25, -0.2) is 0 Å². The number of nitrogens with zero attached hydrogens (tertiary/aromatic N) is 1. The molecule has 1 N–H and O–H groups in total. The number of hydrogen-bond acceptors (Lipinski definition) is 2. The van der Waals surface area contributed by atoms with Gasteiger partial charge in [0.15, 0.2) is 0 Å². The highest BCUT2D eigenvalue weighted by molar-refractivity contribution is 14.1. The first-order valence-corrected chi connectivity index (χ1v) is 5.76. The van der Waals surface area contributed by atoms with Gasteiger partial charge in [-0.15, -0.1) is 0 Å². The zero-order chi connectivity index (χ0) is 11.4. The molecule has 0 bridgehead atoms. The molecule has 0 aromatic heterocycles. The first-order chi connectivity index (χ1) is 7.00. The van der Waals surface area contributed by atoms with Crippen molar-refractivity contribution in [3.8, 4) is 0 Å². The predicted octanol–water partition coefficient (Wildman–Crippen LogP) is 2.37. The molecule has 1 aromatic carbocycles. The number of halogens is 1. The fourth-order valence-electron chi connectivity index (χ4n) is 1.35. The molecule has 0 radical (unpaired) electrons. The zero-order valence-electron chi connectivity index (χ0n) is 8.77. The van der Waals surface area contributed by atoms with Crippen molar-refractivity contribution in [2.24, 2.45) is 0 Å². The Morgan fingerprint density at radius 1 is 1.47 bits per heavy atom. The van der Waals surface area contributed by atoms with E-state index in [1.54, 1.807) is 0 Å². The topological polar surface area (TPSA) is 40.5 Å². The van der Waals surface area contributed by atoms with Crippen molar-refractivity contribution in [1.29, 1.82) is 0 Å². The molecule has 0 fully saturated rings. The van der Waals surface area contributed by atoms with Crippen LogP contribution in [0, 0.1) is 3.57 Å². The van der Waals surface area contributed by atoms with E-state index in [1.165, 1.54) is 3.57 Å². The largest absolute Gasteiger partial charge is 0.480 e. The monoisotopic (exact) mass is 319 g/mol. The van der Waals surface area contributed by atoms with E-state index in [9.17, 15) is 4.79 Å². The van der Waals surface area contributed by atoms with Crippen LogP contribution in [0.5, 0.6) is 0 Å². The minimum atomic E-state index is -0.796. The van der Waals surface area contributed by atoms with Crippen molar-refractivity contribution in [3.05, 3.63) is 33.4 Å². The summed E-state index contributed by atoms with van der Waals surface area (Å²) in [6.07, 6.45) is 0. The van der Waals surface area contributed by atoms with Gasteiger partial charge >= 0.3 is 5.97 Å². The van der Waals surface area contributed by atoms with E-state index in [0.29, 0.717) is 0 Å². The van der Waals surface area contributed by atoms with Gasteiger partial charge in [0.1, 0.15) is 0 Å². The fourth-order valence-corrected chi connectivity index (χ4v) is 1.71. The van der Waals surface area contributed by atoms with E-state index in [-0.39, 0.29) is 12.6 Å². The Balaban J connectivity index is 2.71. The van der Waals surface area contributed by atoms with Crippen molar-refractivity contribution in [3.63, 3.8) is 0 Å². The molecule has 0 spiro atoms. The second-order valence-electron chi connectivity index (χ2n) is 3.54. The lowest BCUT2D eigenvalue weighted by Crippen LogP contribution is -2.28. The summed E-state index contributed by atoms with van der Waals surface area (Å²) in [7, 11) is 1.82. The van der Waals surface area contributed by atoms with E-state index in [2.05, 4.69) is 22.6 Å². The summed E-state index contributed by atoms with van der Waals surface area (Å²) in [6.45, 7) is 2.07. The molecule has 1 aromatic rings. The molecule has 0 heterocycles. The van der Waals surface area contributed by atoms with Gasteiger partial charge in [-0.05, 0) is 54.3 Å². The van der Waals surface area contributed by atoms with Crippen LogP contribution in [-0.2, 0) is 4.79 Å². The molecule has 0 aliphatic rings. The summed E-state index contributed by atoms with van der Waals surface area (Å²) >= 11 is 2.25. The van der Waals surface area contributed by atoms with E-state index >= 15 is 0 Å². The third-order valence-corrected chi connectivity index (χ3v) is 3.12. The average Bonchev–Trinajstić information content (AvgIpc) is 2.17. The highest BCUT2D eigenvalue weighted by Gasteiger charge is 2.13. The van der Waals surface area contributed by atoms with Gasteiger partial charge in [0.05, 0.1) is 6.54 Å². The molecule has 1 rings (SSSR count). The fraction of sp³-hybridized carbons (Fsp3) is 0.364. The molecule has 0 aliphatic heterocycles. The molecule has 82 valence electrons. The second-order valence-corrected chi connectivity index (χ2v) is 4.78. The van der Waals surface area contributed by atoms with Gasteiger partial charge in [-0.3, -0.25) is 9.69 Å². The van der Waals surface area contributed by atoms with Crippen LogP contribution in [0.15, 0.2) is 24.3 Å². The number of benzene rings is 1. The second kappa shape index (κ2) is 5.46. The summed E-state index contributed by atoms with van der Waals surface area (Å²) in [6, 6.07) is 8.25. The molecular formula is C11H14INO2. The summed E-state index contributed by atoms with van der Waals surface area (Å²) in [4.78, 5) is 12.4. The molecule has 0 amide bonds. The zero-order valence-corrected chi connectivity index (χ0v) is 10.9. The normalized spacial score (nSPS) is 12.8. The molecule has 3 nitrogen and oxygen atoms in total. The van der Waals surface area contributed by atoms with E-state index < -0.39 is 5.97 Å². The minimum absolute atomic E-state index is 0.0627. The van der Waals surface area contributed by atoms with Gasteiger partial charge in [-0.1, -0.05) is 12.1 Å². The lowest BCUT2D eigenvalue weighted by molar-refractivity contribution is -0.138. The standard InChI is InChI=1S/C11H14INO2/c1-8(13(2)7-11(14)15)9-3-5-10(12)6-4-9/h3-6,8H,7H2,1-2H3,(H,14,15). The van der Waals surface area contributed by atoms with E-state index in [4.69, 9.17) is 5.11 Å². The van der Waals surface area contributed by atoms with Crippen LogP contribution in [-0.4, -0.2) is 29.6 Å². The molecule has 4 heteroatoms. The number of likely N-dealkylation sites (N-methyl/N-ethyl adjacent to an activating group) is 1. The third kappa shape index (κ3) is 3.79. The quantitative estimate of drug-likeness (QED) is 0.866.